The van der Waals surface area contributed by atoms with Gasteiger partial charge in [0.05, 0.1) is 6.04 Å². The smallest absolute Gasteiger partial charge is 0.243 e. The SMILES string of the molecule is CC1CCC(c2noc(C(N)C3CC3)n2)CC1. The molecule has 2 aliphatic carbocycles. The average molecular weight is 235 g/mol. The Morgan fingerprint density at radius 2 is 1.88 bits per heavy atom. The lowest BCUT2D eigenvalue weighted by molar-refractivity contribution is 0.316. The van der Waals surface area contributed by atoms with E-state index in [1.54, 1.807) is 0 Å². The van der Waals surface area contributed by atoms with Gasteiger partial charge in [-0.2, -0.15) is 4.98 Å². The van der Waals surface area contributed by atoms with Crippen LogP contribution in [0.15, 0.2) is 4.52 Å². The van der Waals surface area contributed by atoms with E-state index < -0.39 is 0 Å². The van der Waals surface area contributed by atoms with Gasteiger partial charge in [0.25, 0.3) is 0 Å². The van der Waals surface area contributed by atoms with Gasteiger partial charge in [-0.1, -0.05) is 24.9 Å². The molecule has 1 heterocycles. The fourth-order valence-electron chi connectivity index (χ4n) is 2.72. The maximum atomic E-state index is 6.07. The van der Waals surface area contributed by atoms with Gasteiger partial charge < -0.3 is 10.3 Å². The molecule has 0 bridgehead atoms. The van der Waals surface area contributed by atoms with E-state index in [1.165, 1.54) is 38.5 Å². The first kappa shape index (κ1) is 11.2. The Kier molecular flexibility index (Phi) is 2.90. The number of aromatic nitrogens is 2. The Morgan fingerprint density at radius 1 is 1.18 bits per heavy atom. The lowest BCUT2D eigenvalue weighted by Crippen LogP contribution is -2.14. The predicted octanol–water partition coefficient (Wildman–Crippen LogP) is 2.77. The molecule has 2 N–H and O–H groups in total. The molecule has 0 amide bonds. The first-order chi connectivity index (χ1) is 8.24. The number of nitrogens with two attached hydrogens (primary N) is 1. The highest BCUT2D eigenvalue weighted by molar-refractivity contribution is 5.02. The largest absolute Gasteiger partial charge is 0.338 e. The second-order valence-electron chi connectivity index (χ2n) is 5.81. The van der Waals surface area contributed by atoms with Crippen molar-refractivity contribution in [2.24, 2.45) is 17.6 Å². The maximum Gasteiger partial charge on any atom is 0.243 e. The average Bonchev–Trinajstić information content (AvgIpc) is 3.07. The molecule has 0 radical (unpaired) electrons. The standard InChI is InChI=1S/C13H21N3O/c1-8-2-4-10(5-3-8)12-15-13(17-16-12)11(14)9-6-7-9/h8-11H,2-7,14H2,1H3. The molecule has 1 atom stereocenters. The van der Waals surface area contributed by atoms with Crippen LogP contribution in [0.4, 0.5) is 0 Å². The van der Waals surface area contributed by atoms with Crippen molar-refractivity contribution in [3.8, 4) is 0 Å². The number of hydrogen-bond donors (Lipinski definition) is 1. The Labute approximate surface area is 102 Å². The van der Waals surface area contributed by atoms with E-state index in [1.807, 2.05) is 0 Å². The molecule has 17 heavy (non-hydrogen) atoms. The van der Waals surface area contributed by atoms with Crippen molar-refractivity contribution in [2.75, 3.05) is 0 Å². The Morgan fingerprint density at radius 3 is 2.53 bits per heavy atom. The van der Waals surface area contributed by atoms with Crippen molar-refractivity contribution in [1.29, 1.82) is 0 Å². The number of rotatable bonds is 3. The molecule has 3 rings (SSSR count). The molecule has 2 saturated carbocycles. The first-order valence-corrected chi connectivity index (χ1v) is 6.83. The second kappa shape index (κ2) is 4.41. The molecule has 2 aliphatic rings. The van der Waals surface area contributed by atoms with Crippen LogP contribution in [0.25, 0.3) is 0 Å². The molecule has 0 spiro atoms. The van der Waals surface area contributed by atoms with E-state index in [4.69, 9.17) is 10.3 Å². The molecule has 4 heteroatoms. The molecule has 1 unspecified atom stereocenters. The van der Waals surface area contributed by atoms with Gasteiger partial charge in [0.1, 0.15) is 0 Å². The van der Waals surface area contributed by atoms with Crippen LogP contribution in [0.1, 0.15) is 69.1 Å². The van der Waals surface area contributed by atoms with Gasteiger partial charge in [-0.05, 0) is 37.5 Å². The minimum atomic E-state index is -0.0289. The van der Waals surface area contributed by atoms with Gasteiger partial charge in [-0.15, -0.1) is 0 Å². The highest BCUT2D eigenvalue weighted by Gasteiger charge is 2.34. The third-order valence-corrected chi connectivity index (χ3v) is 4.25. The normalized spacial score (nSPS) is 31.4. The summed E-state index contributed by atoms with van der Waals surface area (Å²) in [6, 6.07) is -0.0289. The van der Waals surface area contributed by atoms with Crippen LogP contribution in [0.3, 0.4) is 0 Å². The lowest BCUT2D eigenvalue weighted by atomic mass is 9.83. The molecule has 0 saturated heterocycles. The molecule has 4 nitrogen and oxygen atoms in total. The van der Waals surface area contributed by atoms with Crippen LogP contribution in [0.2, 0.25) is 0 Å². The molecule has 1 aromatic heterocycles. The third-order valence-electron chi connectivity index (χ3n) is 4.25. The van der Waals surface area contributed by atoms with Crippen molar-refractivity contribution < 1.29 is 4.52 Å². The van der Waals surface area contributed by atoms with Gasteiger partial charge in [-0.25, -0.2) is 0 Å². The van der Waals surface area contributed by atoms with Gasteiger partial charge in [0.15, 0.2) is 5.82 Å². The van der Waals surface area contributed by atoms with Gasteiger partial charge >= 0.3 is 0 Å². The molecular weight excluding hydrogens is 214 g/mol. The molecule has 1 aromatic rings. The van der Waals surface area contributed by atoms with E-state index >= 15 is 0 Å². The van der Waals surface area contributed by atoms with E-state index in [9.17, 15) is 0 Å². The molecule has 94 valence electrons. The highest BCUT2D eigenvalue weighted by Crippen LogP contribution is 2.40. The zero-order chi connectivity index (χ0) is 11.8. The van der Waals surface area contributed by atoms with Crippen molar-refractivity contribution >= 4 is 0 Å². The van der Waals surface area contributed by atoms with E-state index in [2.05, 4.69) is 17.1 Å². The lowest BCUT2D eigenvalue weighted by Gasteiger charge is -2.23. The number of nitrogens with zero attached hydrogens (tertiary/aromatic N) is 2. The molecule has 0 aromatic carbocycles. The summed E-state index contributed by atoms with van der Waals surface area (Å²) in [5.74, 6) is 3.47. The van der Waals surface area contributed by atoms with Crippen LogP contribution >= 0.6 is 0 Å². The zero-order valence-electron chi connectivity index (χ0n) is 10.4. The molecule has 0 aliphatic heterocycles. The summed E-state index contributed by atoms with van der Waals surface area (Å²) in [5.41, 5.74) is 6.07. The van der Waals surface area contributed by atoms with Gasteiger partial charge in [-0.3, -0.25) is 0 Å². The van der Waals surface area contributed by atoms with Gasteiger partial charge in [0, 0.05) is 5.92 Å². The van der Waals surface area contributed by atoms with Crippen molar-refractivity contribution in [3.63, 3.8) is 0 Å². The van der Waals surface area contributed by atoms with Crippen molar-refractivity contribution in [1.82, 2.24) is 10.1 Å². The van der Waals surface area contributed by atoms with Crippen LogP contribution in [-0.2, 0) is 0 Å². The topological polar surface area (TPSA) is 64.9 Å². The summed E-state index contributed by atoms with van der Waals surface area (Å²) < 4.78 is 5.32. The fraction of sp³-hybridized carbons (Fsp3) is 0.846. The van der Waals surface area contributed by atoms with Gasteiger partial charge in [0.2, 0.25) is 5.89 Å². The minimum absolute atomic E-state index is 0.0289. The summed E-state index contributed by atoms with van der Waals surface area (Å²) in [6.07, 6.45) is 7.36. The third kappa shape index (κ3) is 2.37. The zero-order valence-corrected chi connectivity index (χ0v) is 10.4. The Bertz CT molecular complexity index is 378. The fourth-order valence-corrected chi connectivity index (χ4v) is 2.72. The summed E-state index contributed by atoms with van der Waals surface area (Å²) in [4.78, 5) is 4.52. The Hall–Kier alpha value is -0.900. The van der Waals surface area contributed by atoms with Crippen LogP contribution < -0.4 is 5.73 Å². The summed E-state index contributed by atoms with van der Waals surface area (Å²) in [6.45, 7) is 2.32. The van der Waals surface area contributed by atoms with E-state index in [0.717, 1.165) is 11.7 Å². The monoisotopic (exact) mass is 235 g/mol. The van der Waals surface area contributed by atoms with Crippen LogP contribution in [0.5, 0.6) is 0 Å². The quantitative estimate of drug-likeness (QED) is 0.874. The maximum absolute atomic E-state index is 6.07. The second-order valence-corrected chi connectivity index (χ2v) is 5.81. The van der Waals surface area contributed by atoms with Crippen molar-refractivity contribution in [2.45, 2.75) is 57.4 Å². The number of hydrogen-bond acceptors (Lipinski definition) is 4. The first-order valence-electron chi connectivity index (χ1n) is 6.83. The minimum Gasteiger partial charge on any atom is -0.338 e. The highest BCUT2D eigenvalue weighted by atomic mass is 16.5. The predicted molar refractivity (Wildman–Crippen MR) is 64.3 cm³/mol. The molecule has 2 fully saturated rings. The molecular formula is C13H21N3O. The summed E-state index contributed by atoms with van der Waals surface area (Å²) in [5, 5.41) is 4.13. The summed E-state index contributed by atoms with van der Waals surface area (Å²) in [7, 11) is 0. The van der Waals surface area contributed by atoms with E-state index in [-0.39, 0.29) is 6.04 Å². The summed E-state index contributed by atoms with van der Waals surface area (Å²) >= 11 is 0. The Balaban J connectivity index is 1.67. The van der Waals surface area contributed by atoms with Crippen molar-refractivity contribution in [3.05, 3.63) is 11.7 Å². The van der Waals surface area contributed by atoms with E-state index in [0.29, 0.717) is 17.7 Å². The van der Waals surface area contributed by atoms with Crippen LogP contribution in [-0.4, -0.2) is 10.1 Å². The van der Waals surface area contributed by atoms with Crippen LogP contribution in [0, 0.1) is 11.8 Å².